The van der Waals surface area contributed by atoms with Crippen LogP contribution in [0.4, 0.5) is 0 Å². The van der Waals surface area contributed by atoms with E-state index in [1.165, 1.54) is 0 Å². The second-order valence-corrected chi connectivity index (χ2v) is 5.08. The molecule has 0 atom stereocenters. The summed E-state index contributed by atoms with van der Waals surface area (Å²) in [5.74, 6) is 1.32. The molecule has 3 rings (SSSR count). The van der Waals surface area contributed by atoms with E-state index in [0.717, 1.165) is 50.3 Å². The lowest BCUT2D eigenvalue weighted by atomic mass is 10.1. The van der Waals surface area contributed by atoms with E-state index in [1.54, 1.807) is 6.20 Å². The van der Waals surface area contributed by atoms with Gasteiger partial charge in [0, 0.05) is 31.0 Å². The smallest absolute Gasteiger partial charge is 0.241 e. The SMILES string of the molecule is Cc1cnccc1-c1noc(CN2CCCNCC2)n1. The number of nitrogens with zero attached hydrogens (tertiary/aromatic N) is 4. The average molecular weight is 273 g/mol. The lowest BCUT2D eigenvalue weighted by Crippen LogP contribution is -2.27. The van der Waals surface area contributed by atoms with E-state index >= 15 is 0 Å². The Balaban J connectivity index is 1.72. The first-order valence-electron chi connectivity index (χ1n) is 6.99. The molecule has 0 aromatic carbocycles. The molecule has 1 saturated heterocycles. The minimum absolute atomic E-state index is 0.646. The average Bonchev–Trinajstić information content (AvgIpc) is 2.75. The summed E-state index contributed by atoms with van der Waals surface area (Å²) in [4.78, 5) is 10.9. The number of rotatable bonds is 3. The lowest BCUT2D eigenvalue weighted by molar-refractivity contribution is 0.239. The van der Waals surface area contributed by atoms with Crippen molar-refractivity contribution in [3.05, 3.63) is 29.9 Å². The summed E-state index contributed by atoms with van der Waals surface area (Å²) in [7, 11) is 0. The third-order valence-electron chi connectivity index (χ3n) is 3.52. The second kappa shape index (κ2) is 6.11. The molecule has 6 heteroatoms. The van der Waals surface area contributed by atoms with Gasteiger partial charge in [-0.25, -0.2) is 0 Å². The number of nitrogens with one attached hydrogen (secondary N) is 1. The summed E-state index contributed by atoms with van der Waals surface area (Å²) < 4.78 is 5.37. The van der Waals surface area contributed by atoms with Crippen LogP contribution in [0.15, 0.2) is 23.0 Å². The van der Waals surface area contributed by atoms with E-state index in [1.807, 2.05) is 19.2 Å². The largest absolute Gasteiger partial charge is 0.338 e. The zero-order valence-electron chi connectivity index (χ0n) is 11.7. The van der Waals surface area contributed by atoms with Crippen LogP contribution in [0, 0.1) is 6.92 Å². The molecule has 2 aromatic heterocycles. The highest BCUT2D eigenvalue weighted by Crippen LogP contribution is 2.19. The van der Waals surface area contributed by atoms with Gasteiger partial charge < -0.3 is 9.84 Å². The fourth-order valence-corrected chi connectivity index (χ4v) is 2.40. The third kappa shape index (κ3) is 3.02. The van der Waals surface area contributed by atoms with E-state index in [0.29, 0.717) is 11.7 Å². The van der Waals surface area contributed by atoms with Crippen LogP contribution in [0.1, 0.15) is 17.9 Å². The normalized spacial score (nSPS) is 17.1. The molecule has 6 nitrogen and oxygen atoms in total. The van der Waals surface area contributed by atoms with E-state index in [9.17, 15) is 0 Å². The van der Waals surface area contributed by atoms with Gasteiger partial charge >= 0.3 is 0 Å². The van der Waals surface area contributed by atoms with Crippen molar-refractivity contribution < 1.29 is 4.52 Å². The molecule has 20 heavy (non-hydrogen) atoms. The van der Waals surface area contributed by atoms with Gasteiger partial charge in [0.1, 0.15) is 0 Å². The summed E-state index contributed by atoms with van der Waals surface area (Å²) in [6.45, 7) is 6.91. The van der Waals surface area contributed by atoms with Gasteiger partial charge in [-0.1, -0.05) is 5.16 Å². The highest BCUT2D eigenvalue weighted by molar-refractivity contribution is 5.57. The zero-order chi connectivity index (χ0) is 13.8. The van der Waals surface area contributed by atoms with Crippen LogP contribution in [0.25, 0.3) is 11.4 Å². The Morgan fingerprint density at radius 2 is 2.30 bits per heavy atom. The molecule has 3 heterocycles. The van der Waals surface area contributed by atoms with Gasteiger partial charge in [0.15, 0.2) is 0 Å². The van der Waals surface area contributed by atoms with Crippen molar-refractivity contribution in [1.29, 1.82) is 0 Å². The number of hydrogen-bond acceptors (Lipinski definition) is 6. The van der Waals surface area contributed by atoms with Gasteiger partial charge in [-0.05, 0) is 38.1 Å². The van der Waals surface area contributed by atoms with Crippen molar-refractivity contribution >= 4 is 0 Å². The van der Waals surface area contributed by atoms with Crippen LogP contribution < -0.4 is 5.32 Å². The summed E-state index contributed by atoms with van der Waals surface area (Å²) in [5.41, 5.74) is 2.03. The van der Waals surface area contributed by atoms with Gasteiger partial charge in [0.25, 0.3) is 0 Å². The summed E-state index contributed by atoms with van der Waals surface area (Å²) in [6.07, 6.45) is 4.72. The number of aromatic nitrogens is 3. The molecule has 1 N–H and O–H groups in total. The van der Waals surface area contributed by atoms with Crippen molar-refractivity contribution in [2.75, 3.05) is 26.2 Å². The Morgan fingerprint density at radius 3 is 3.20 bits per heavy atom. The summed E-state index contributed by atoms with van der Waals surface area (Å²) >= 11 is 0. The third-order valence-corrected chi connectivity index (χ3v) is 3.52. The predicted molar refractivity (Wildman–Crippen MR) is 75.0 cm³/mol. The Labute approximate surface area is 118 Å². The van der Waals surface area contributed by atoms with Crippen LogP contribution >= 0.6 is 0 Å². The fourth-order valence-electron chi connectivity index (χ4n) is 2.40. The van der Waals surface area contributed by atoms with Crippen LogP contribution in [0.2, 0.25) is 0 Å². The van der Waals surface area contributed by atoms with Crippen LogP contribution in [-0.2, 0) is 6.54 Å². The first-order chi connectivity index (χ1) is 9.83. The topological polar surface area (TPSA) is 67.1 Å². The Bertz CT molecular complexity index is 560. The van der Waals surface area contributed by atoms with Crippen molar-refractivity contribution in [3.8, 4) is 11.4 Å². The lowest BCUT2D eigenvalue weighted by Gasteiger charge is -2.16. The number of hydrogen-bond donors (Lipinski definition) is 1. The second-order valence-electron chi connectivity index (χ2n) is 5.08. The quantitative estimate of drug-likeness (QED) is 0.907. The summed E-state index contributed by atoms with van der Waals surface area (Å²) in [5, 5.41) is 7.47. The fraction of sp³-hybridized carbons (Fsp3) is 0.500. The highest BCUT2D eigenvalue weighted by atomic mass is 16.5. The van der Waals surface area contributed by atoms with Crippen LogP contribution in [0.3, 0.4) is 0 Å². The molecular weight excluding hydrogens is 254 g/mol. The molecule has 0 radical (unpaired) electrons. The van der Waals surface area contributed by atoms with Gasteiger partial charge in [0.05, 0.1) is 6.54 Å². The van der Waals surface area contributed by atoms with E-state index in [4.69, 9.17) is 4.52 Å². The van der Waals surface area contributed by atoms with Crippen LogP contribution in [-0.4, -0.2) is 46.2 Å². The van der Waals surface area contributed by atoms with Gasteiger partial charge in [-0.15, -0.1) is 0 Å². The van der Waals surface area contributed by atoms with Crippen molar-refractivity contribution in [2.45, 2.75) is 19.9 Å². The maximum absolute atomic E-state index is 5.37. The molecule has 0 amide bonds. The molecule has 2 aromatic rings. The maximum atomic E-state index is 5.37. The van der Waals surface area contributed by atoms with Gasteiger partial charge in [-0.3, -0.25) is 9.88 Å². The zero-order valence-corrected chi connectivity index (χ0v) is 11.7. The minimum atomic E-state index is 0.646. The Morgan fingerprint density at radius 1 is 1.35 bits per heavy atom. The standard InChI is InChI=1S/C14H19N5O/c1-11-9-16-5-3-12(11)14-17-13(20-18-14)10-19-7-2-4-15-6-8-19/h3,5,9,15H,2,4,6-8,10H2,1H3. The van der Waals surface area contributed by atoms with E-state index in [2.05, 4.69) is 25.3 Å². The molecule has 0 unspecified atom stereocenters. The monoisotopic (exact) mass is 273 g/mol. The highest BCUT2D eigenvalue weighted by Gasteiger charge is 2.15. The molecule has 1 aliphatic heterocycles. The minimum Gasteiger partial charge on any atom is -0.338 e. The first-order valence-corrected chi connectivity index (χ1v) is 6.99. The van der Waals surface area contributed by atoms with Crippen LogP contribution in [0.5, 0.6) is 0 Å². The molecule has 106 valence electrons. The molecular formula is C14H19N5O. The van der Waals surface area contributed by atoms with E-state index in [-0.39, 0.29) is 0 Å². The van der Waals surface area contributed by atoms with Gasteiger partial charge in [0.2, 0.25) is 11.7 Å². The van der Waals surface area contributed by atoms with Crippen molar-refractivity contribution in [1.82, 2.24) is 25.3 Å². The van der Waals surface area contributed by atoms with Crippen molar-refractivity contribution in [2.24, 2.45) is 0 Å². The maximum Gasteiger partial charge on any atom is 0.241 e. The first kappa shape index (κ1) is 13.2. The number of pyridine rings is 1. The summed E-state index contributed by atoms with van der Waals surface area (Å²) in [6, 6.07) is 1.92. The number of aryl methyl sites for hydroxylation is 1. The Kier molecular flexibility index (Phi) is 4.03. The van der Waals surface area contributed by atoms with E-state index < -0.39 is 0 Å². The molecule has 0 bridgehead atoms. The predicted octanol–water partition coefficient (Wildman–Crippen LogP) is 1.24. The molecule has 0 spiro atoms. The van der Waals surface area contributed by atoms with Crippen molar-refractivity contribution in [3.63, 3.8) is 0 Å². The molecule has 1 aliphatic rings. The molecule has 0 saturated carbocycles. The molecule has 0 aliphatic carbocycles. The Hall–Kier alpha value is -1.79. The molecule has 1 fully saturated rings. The van der Waals surface area contributed by atoms with Gasteiger partial charge in [-0.2, -0.15) is 4.98 Å².